The maximum atomic E-state index is 11.5. The van der Waals surface area contributed by atoms with E-state index in [0.717, 1.165) is 0 Å². The van der Waals surface area contributed by atoms with Crippen LogP contribution in [-0.2, 0) is 9.53 Å². The first-order chi connectivity index (χ1) is 7.19. The topological polar surface area (TPSA) is 81.4 Å². The van der Waals surface area contributed by atoms with Crippen LogP contribution in [0.4, 0.5) is 0 Å². The van der Waals surface area contributed by atoms with Crippen molar-refractivity contribution in [2.45, 2.75) is 6.04 Å². The van der Waals surface area contributed by atoms with Gasteiger partial charge in [0.1, 0.15) is 6.04 Å². The molecule has 5 nitrogen and oxygen atoms in total. The number of nitrogens with one attached hydrogen (secondary N) is 1. The van der Waals surface area contributed by atoms with Gasteiger partial charge in [-0.25, -0.2) is 4.79 Å². The van der Waals surface area contributed by atoms with Crippen molar-refractivity contribution in [1.82, 2.24) is 5.32 Å². The van der Waals surface area contributed by atoms with E-state index >= 15 is 0 Å². The second-order valence-electron chi connectivity index (χ2n) is 2.76. The molecule has 82 valence electrons. The quantitative estimate of drug-likeness (QED) is 0.709. The molecule has 1 amide bonds. The van der Waals surface area contributed by atoms with E-state index in [9.17, 15) is 9.59 Å². The van der Waals surface area contributed by atoms with Crippen LogP contribution in [0, 0.1) is 0 Å². The van der Waals surface area contributed by atoms with Crippen molar-refractivity contribution >= 4 is 23.2 Å². The number of rotatable bonds is 4. The Labute approximate surface area is 91.2 Å². The smallest absolute Gasteiger partial charge is 0.329 e. The third kappa shape index (κ3) is 3.03. The standard InChI is InChI=1S/C9H12N2O3S/c1-14-9(13)6(5-10)11-8(12)7-3-2-4-15-7/h2-4,6H,5,10H2,1H3,(H,11,12)/t6-/m0/s1. The molecule has 1 aromatic rings. The molecule has 0 saturated carbocycles. The fraction of sp³-hybridized carbons (Fsp3) is 0.333. The Morgan fingerprint density at radius 3 is 2.87 bits per heavy atom. The fourth-order valence-corrected chi connectivity index (χ4v) is 1.62. The van der Waals surface area contributed by atoms with Gasteiger partial charge in [0.25, 0.3) is 5.91 Å². The van der Waals surface area contributed by atoms with Crippen LogP contribution in [0.5, 0.6) is 0 Å². The van der Waals surface area contributed by atoms with Crippen LogP contribution < -0.4 is 11.1 Å². The van der Waals surface area contributed by atoms with Gasteiger partial charge in [-0.1, -0.05) is 6.07 Å². The number of carbonyl (C=O) groups is 2. The molecule has 1 atom stereocenters. The number of nitrogens with two attached hydrogens (primary N) is 1. The lowest BCUT2D eigenvalue weighted by Crippen LogP contribution is -2.46. The van der Waals surface area contributed by atoms with Crippen molar-refractivity contribution in [3.05, 3.63) is 22.4 Å². The molecule has 0 radical (unpaired) electrons. The number of hydrogen-bond acceptors (Lipinski definition) is 5. The maximum Gasteiger partial charge on any atom is 0.329 e. The second-order valence-corrected chi connectivity index (χ2v) is 3.71. The summed E-state index contributed by atoms with van der Waals surface area (Å²) in [6, 6.07) is 2.64. The molecule has 0 bridgehead atoms. The lowest BCUT2D eigenvalue weighted by Gasteiger charge is -2.13. The summed E-state index contributed by atoms with van der Waals surface area (Å²) < 4.78 is 4.49. The molecule has 0 aliphatic heterocycles. The summed E-state index contributed by atoms with van der Waals surface area (Å²) in [6.07, 6.45) is 0. The van der Waals surface area contributed by atoms with Gasteiger partial charge in [0.15, 0.2) is 0 Å². The number of amides is 1. The normalized spacial score (nSPS) is 11.9. The minimum absolute atomic E-state index is 0.0176. The third-order valence-electron chi connectivity index (χ3n) is 1.77. The molecule has 1 rings (SSSR count). The summed E-state index contributed by atoms with van der Waals surface area (Å²) in [5.41, 5.74) is 5.34. The summed E-state index contributed by atoms with van der Waals surface area (Å²) in [5.74, 6) is -0.853. The molecule has 0 fully saturated rings. The third-order valence-corrected chi connectivity index (χ3v) is 2.64. The second kappa shape index (κ2) is 5.47. The van der Waals surface area contributed by atoms with E-state index in [1.165, 1.54) is 18.4 Å². The van der Waals surface area contributed by atoms with E-state index in [1.807, 2.05) is 0 Å². The molecule has 0 aliphatic rings. The highest BCUT2D eigenvalue weighted by molar-refractivity contribution is 7.12. The van der Waals surface area contributed by atoms with E-state index < -0.39 is 12.0 Å². The van der Waals surface area contributed by atoms with Gasteiger partial charge in [-0.15, -0.1) is 11.3 Å². The van der Waals surface area contributed by atoms with Crippen LogP contribution >= 0.6 is 11.3 Å². The van der Waals surface area contributed by atoms with Crippen molar-refractivity contribution in [3.63, 3.8) is 0 Å². The van der Waals surface area contributed by atoms with Crippen LogP contribution in [-0.4, -0.2) is 31.6 Å². The van der Waals surface area contributed by atoms with Crippen LogP contribution in [0.25, 0.3) is 0 Å². The zero-order valence-electron chi connectivity index (χ0n) is 8.23. The highest BCUT2D eigenvalue weighted by atomic mass is 32.1. The SMILES string of the molecule is COC(=O)[C@H](CN)NC(=O)c1cccs1. The van der Waals surface area contributed by atoms with Gasteiger partial charge in [-0.3, -0.25) is 4.79 Å². The van der Waals surface area contributed by atoms with E-state index in [2.05, 4.69) is 10.1 Å². The van der Waals surface area contributed by atoms with Crippen molar-refractivity contribution in [2.24, 2.45) is 5.73 Å². The van der Waals surface area contributed by atoms with Gasteiger partial charge < -0.3 is 15.8 Å². The zero-order chi connectivity index (χ0) is 11.3. The van der Waals surface area contributed by atoms with Gasteiger partial charge in [-0.2, -0.15) is 0 Å². The molecule has 6 heteroatoms. The lowest BCUT2D eigenvalue weighted by atomic mass is 10.3. The minimum atomic E-state index is -0.787. The largest absolute Gasteiger partial charge is 0.467 e. The molecule has 0 aromatic carbocycles. The monoisotopic (exact) mass is 228 g/mol. The van der Waals surface area contributed by atoms with E-state index in [1.54, 1.807) is 17.5 Å². The number of esters is 1. The van der Waals surface area contributed by atoms with Crippen LogP contribution in [0.1, 0.15) is 9.67 Å². The average Bonchev–Trinajstić information content (AvgIpc) is 2.77. The molecule has 1 aromatic heterocycles. The Balaban J connectivity index is 2.60. The average molecular weight is 228 g/mol. The molecular weight excluding hydrogens is 216 g/mol. The van der Waals surface area contributed by atoms with Gasteiger partial charge in [0.05, 0.1) is 12.0 Å². The molecule has 0 spiro atoms. The van der Waals surface area contributed by atoms with E-state index in [-0.39, 0.29) is 12.5 Å². The zero-order valence-corrected chi connectivity index (χ0v) is 9.04. The highest BCUT2D eigenvalue weighted by Gasteiger charge is 2.20. The molecule has 0 saturated heterocycles. The van der Waals surface area contributed by atoms with Crippen molar-refractivity contribution in [3.8, 4) is 0 Å². The number of carbonyl (C=O) groups excluding carboxylic acids is 2. The van der Waals surface area contributed by atoms with Crippen LogP contribution in [0.3, 0.4) is 0 Å². The van der Waals surface area contributed by atoms with Gasteiger partial charge in [0.2, 0.25) is 0 Å². The van der Waals surface area contributed by atoms with E-state index in [4.69, 9.17) is 5.73 Å². The van der Waals surface area contributed by atoms with Crippen molar-refractivity contribution in [2.75, 3.05) is 13.7 Å². The summed E-state index contributed by atoms with van der Waals surface area (Å²) >= 11 is 1.30. The van der Waals surface area contributed by atoms with Gasteiger partial charge >= 0.3 is 5.97 Å². The Hall–Kier alpha value is -1.40. The molecule has 1 heterocycles. The van der Waals surface area contributed by atoms with Crippen LogP contribution in [0.15, 0.2) is 17.5 Å². The lowest BCUT2D eigenvalue weighted by molar-refractivity contribution is -0.142. The summed E-state index contributed by atoms with van der Waals surface area (Å²) in [4.78, 5) is 23.2. The van der Waals surface area contributed by atoms with Gasteiger partial charge in [-0.05, 0) is 11.4 Å². The first-order valence-electron chi connectivity index (χ1n) is 4.31. The predicted octanol–water partition coefficient (Wildman–Crippen LogP) is -0.0218. The van der Waals surface area contributed by atoms with Crippen molar-refractivity contribution in [1.29, 1.82) is 0 Å². The Morgan fingerprint density at radius 1 is 1.67 bits per heavy atom. The minimum Gasteiger partial charge on any atom is -0.467 e. The predicted molar refractivity (Wildman–Crippen MR) is 56.6 cm³/mol. The fourth-order valence-electron chi connectivity index (χ4n) is 0.993. The van der Waals surface area contributed by atoms with Crippen molar-refractivity contribution < 1.29 is 14.3 Å². The number of thiophene rings is 1. The first-order valence-corrected chi connectivity index (χ1v) is 5.19. The first kappa shape index (κ1) is 11.7. The van der Waals surface area contributed by atoms with Crippen LogP contribution in [0.2, 0.25) is 0 Å². The van der Waals surface area contributed by atoms with E-state index in [0.29, 0.717) is 4.88 Å². The molecular formula is C9H12N2O3S. The molecule has 3 N–H and O–H groups in total. The molecule has 0 unspecified atom stereocenters. The summed E-state index contributed by atoms with van der Waals surface area (Å²) in [6.45, 7) is 0.0176. The number of methoxy groups -OCH3 is 1. The number of ether oxygens (including phenoxy) is 1. The molecule has 15 heavy (non-hydrogen) atoms. The van der Waals surface area contributed by atoms with Gasteiger partial charge in [0, 0.05) is 6.54 Å². The Morgan fingerprint density at radius 2 is 2.40 bits per heavy atom. The molecule has 0 aliphatic carbocycles. The maximum absolute atomic E-state index is 11.5. The Kier molecular flexibility index (Phi) is 4.26. The number of hydrogen-bond donors (Lipinski definition) is 2. The summed E-state index contributed by atoms with van der Waals surface area (Å²) in [5, 5.41) is 4.27. The Bertz CT molecular complexity index is 337. The highest BCUT2D eigenvalue weighted by Crippen LogP contribution is 2.08. The summed E-state index contributed by atoms with van der Waals surface area (Å²) in [7, 11) is 1.25.